The van der Waals surface area contributed by atoms with Crippen molar-refractivity contribution in [3.05, 3.63) is 0 Å². The van der Waals surface area contributed by atoms with Crippen LogP contribution in [-0.4, -0.2) is 29.1 Å². The van der Waals surface area contributed by atoms with Gasteiger partial charge in [-0.3, -0.25) is 4.79 Å². The normalized spacial score (nSPS) is 15.2. The van der Waals surface area contributed by atoms with Crippen LogP contribution in [0.5, 0.6) is 0 Å². The van der Waals surface area contributed by atoms with E-state index in [1.165, 1.54) is 11.8 Å². The van der Waals surface area contributed by atoms with E-state index < -0.39 is 14.2 Å². The molecule has 2 atom stereocenters. The zero-order chi connectivity index (χ0) is 16.0. The third-order valence-electron chi connectivity index (χ3n) is 2.55. The Morgan fingerprint density at radius 1 is 1.30 bits per heavy atom. The molecule has 0 spiro atoms. The molecule has 0 fully saturated rings. The van der Waals surface area contributed by atoms with Gasteiger partial charge in [-0.15, -0.1) is 5.54 Å². The molecule has 0 aliphatic carbocycles. The molecule has 0 bridgehead atoms. The summed E-state index contributed by atoms with van der Waals surface area (Å²) in [4.78, 5) is 12.4. The molecule has 0 unspecified atom stereocenters. The largest absolute Gasteiger partial charge is 0.380 e. The van der Waals surface area contributed by atoms with E-state index in [1.54, 1.807) is 0 Å². The predicted octanol–water partition coefficient (Wildman–Crippen LogP) is 4.09. The lowest BCUT2D eigenvalue weighted by atomic mass is 9.98. The van der Waals surface area contributed by atoms with Gasteiger partial charge in [0.2, 0.25) is 0 Å². The van der Waals surface area contributed by atoms with Crippen molar-refractivity contribution in [3.63, 3.8) is 0 Å². The smallest absolute Gasteiger partial charge is 0.196 e. The van der Waals surface area contributed by atoms with Gasteiger partial charge in [0.15, 0.2) is 5.12 Å². The van der Waals surface area contributed by atoms with Crippen LogP contribution in [0.2, 0.25) is 19.6 Å². The molecule has 1 N–H and O–H groups in total. The maximum atomic E-state index is 12.4. The Balaban J connectivity index is 4.94. The summed E-state index contributed by atoms with van der Waals surface area (Å²) in [6.45, 7) is 14.6. The number of carbonyl (C=O) groups is 1. The maximum Gasteiger partial charge on any atom is 0.196 e. The SMILES string of the molecule is CCCC[C@@H](C(=O)SC(C)(C)C)[C@@H](O)C#C[Si](C)(C)C. The van der Waals surface area contributed by atoms with Crippen molar-refractivity contribution >= 4 is 25.0 Å². The van der Waals surface area contributed by atoms with E-state index in [0.29, 0.717) is 0 Å². The summed E-state index contributed by atoms with van der Waals surface area (Å²) in [6, 6.07) is 0. The standard InChI is InChI=1S/C16H30O2SSi/c1-8-9-10-13(15(18)19-16(2,3)4)14(17)11-12-20(5,6)7/h13-14,17H,8-10H2,1-7H3/t13-,14+/m1/s1. The second-order valence-corrected chi connectivity index (χ2v) is 13.8. The van der Waals surface area contributed by atoms with Gasteiger partial charge in [0.05, 0.1) is 5.92 Å². The lowest BCUT2D eigenvalue weighted by molar-refractivity contribution is -0.116. The van der Waals surface area contributed by atoms with Crippen molar-refractivity contribution in [2.24, 2.45) is 5.92 Å². The summed E-state index contributed by atoms with van der Waals surface area (Å²) in [5, 5.41) is 10.4. The summed E-state index contributed by atoms with van der Waals surface area (Å²) >= 11 is 1.32. The Hall–Kier alpha value is -0.243. The zero-order valence-corrected chi connectivity index (χ0v) is 15.9. The first-order valence-electron chi connectivity index (χ1n) is 7.40. The molecule has 0 saturated heterocycles. The second-order valence-electron chi connectivity index (χ2n) is 7.25. The molecule has 0 aromatic heterocycles. The minimum atomic E-state index is -1.52. The molecule has 116 valence electrons. The van der Waals surface area contributed by atoms with Crippen molar-refractivity contribution in [1.29, 1.82) is 0 Å². The number of carbonyl (C=O) groups excluding carboxylic acids is 1. The van der Waals surface area contributed by atoms with Crippen LogP contribution in [0.3, 0.4) is 0 Å². The highest BCUT2D eigenvalue weighted by Gasteiger charge is 2.29. The summed E-state index contributed by atoms with van der Waals surface area (Å²) < 4.78 is -0.118. The first-order chi connectivity index (χ1) is 8.96. The number of hydrogen-bond acceptors (Lipinski definition) is 3. The Morgan fingerprint density at radius 3 is 2.25 bits per heavy atom. The molecule has 0 aromatic carbocycles. The molecular weight excluding hydrogens is 284 g/mol. The Bertz CT molecular complexity index is 369. The fourth-order valence-corrected chi connectivity index (χ4v) is 3.18. The van der Waals surface area contributed by atoms with Crippen LogP contribution in [0, 0.1) is 17.4 Å². The fraction of sp³-hybridized carbons (Fsp3) is 0.812. The van der Waals surface area contributed by atoms with Gasteiger partial charge >= 0.3 is 0 Å². The molecular formula is C16H30O2SSi. The highest BCUT2D eigenvalue weighted by Crippen LogP contribution is 2.30. The third-order valence-corrected chi connectivity index (χ3v) is 4.57. The molecule has 0 heterocycles. The predicted molar refractivity (Wildman–Crippen MR) is 92.5 cm³/mol. The van der Waals surface area contributed by atoms with Gasteiger partial charge < -0.3 is 5.11 Å². The minimum Gasteiger partial charge on any atom is -0.380 e. The molecule has 20 heavy (non-hydrogen) atoms. The molecule has 0 radical (unpaired) electrons. The first-order valence-corrected chi connectivity index (χ1v) is 11.7. The molecule has 2 nitrogen and oxygen atoms in total. The second kappa shape index (κ2) is 8.26. The lowest BCUT2D eigenvalue weighted by Gasteiger charge is -2.23. The average Bonchev–Trinajstić information content (AvgIpc) is 2.23. The molecule has 0 rings (SSSR count). The monoisotopic (exact) mass is 314 g/mol. The molecule has 0 saturated carbocycles. The van der Waals surface area contributed by atoms with E-state index in [9.17, 15) is 9.90 Å². The van der Waals surface area contributed by atoms with Gasteiger partial charge in [-0.05, 0) is 6.42 Å². The van der Waals surface area contributed by atoms with Gasteiger partial charge in [0, 0.05) is 4.75 Å². The van der Waals surface area contributed by atoms with Gasteiger partial charge in [-0.1, -0.05) is 77.9 Å². The number of aliphatic hydroxyl groups is 1. The van der Waals surface area contributed by atoms with Crippen molar-refractivity contribution in [2.75, 3.05) is 0 Å². The van der Waals surface area contributed by atoms with E-state index in [4.69, 9.17) is 0 Å². The highest BCUT2D eigenvalue weighted by molar-refractivity contribution is 8.14. The van der Waals surface area contributed by atoms with Crippen molar-refractivity contribution in [2.45, 2.75) is 77.4 Å². The number of rotatable bonds is 5. The molecule has 0 aliphatic rings. The number of unbranched alkanes of at least 4 members (excludes halogenated alkanes) is 1. The first kappa shape index (κ1) is 19.8. The molecule has 0 amide bonds. The van der Waals surface area contributed by atoms with Crippen LogP contribution >= 0.6 is 11.8 Å². The number of hydrogen-bond donors (Lipinski definition) is 1. The van der Waals surface area contributed by atoms with Gasteiger partial charge in [-0.25, -0.2) is 0 Å². The van der Waals surface area contributed by atoms with E-state index in [1.807, 2.05) is 20.8 Å². The van der Waals surface area contributed by atoms with Crippen LogP contribution in [-0.2, 0) is 4.79 Å². The lowest BCUT2D eigenvalue weighted by Crippen LogP contribution is -2.29. The molecule has 4 heteroatoms. The maximum absolute atomic E-state index is 12.4. The van der Waals surface area contributed by atoms with Crippen LogP contribution in [0.4, 0.5) is 0 Å². The van der Waals surface area contributed by atoms with Crippen LogP contribution in [0.25, 0.3) is 0 Å². The zero-order valence-electron chi connectivity index (χ0n) is 14.0. The summed E-state index contributed by atoms with van der Waals surface area (Å²) in [5.74, 6) is 2.57. The average molecular weight is 315 g/mol. The summed E-state index contributed by atoms with van der Waals surface area (Å²) in [5.41, 5.74) is 3.17. The van der Waals surface area contributed by atoms with Crippen LogP contribution < -0.4 is 0 Å². The van der Waals surface area contributed by atoms with Crippen molar-refractivity contribution in [3.8, 4) is 11.5 Å². The molecule has 0 aliphatic heterocycles. The third kappa shape index (κ3) is 9.63. The Kier molecular flexibility index (Phi) is 8.16. The van der Waals surface area contributed by atoms with E-state index >= 15 is 0 Å². The van der Waals surface area contributed by atoms with Crippen LogP contribution in [0.15, 0.2) is 0 Å². The van der Waals surface area contributed by atoms with Crippen molar-refractivity contribution < 1.29 is 9.90 Å². The van der Waals surface area contributed by atoms with E-state index in [2.05, 4.69) is 38.0 Å². The summed E-state index contributed by atoms with van der Waals surface area (Å²) in [7, 11) is -1.52. The quantitative estimate of drug-likeness (QED) is 0.613. The fourth-order valence-electron chi connectivity index (χ4n) is 1.60. The van der Waals surface area contributed by atoms with Crippen molar-refractivity contribution in [1.82, 2.24) is 0 Å². The Morgan fingerprint density at radius 2 is 1.85 bits per heavy atom. The topological polar surface area (TPSA) is 37.3 Å². The van der Waals surface area contributed by atoms with Gasteiger partial charge in [0.25, 0.3) is 0 Å². The molecule has 0 aromatic rings. The van der Waals surface area contributed by atoms with Gasteiger partial charge in [-0.2, -0.15) is 0 Å². The van der Waals surface area contributed by atoms with Gasteiger partial charge in [0.1, 0.15) is 14.2 Å². The minimum absolute atomic E-state index is 0.0725. The summed E-state index contributed by atoms with van der Waals surface area (Å²) in [6.07, 6.45) is 1.88. The highest BCUT2D eigenvalue weighted by atomic mass is 32.2. The number of aliphatic hydroxyl groups excluding tert-OH is 1. The van der Waals surface area contributed by atoms with E-state index in [-0.39, 0.29) is 15.8 Å². The number of thioether (sulfide) groups is 1. The Labute approximate surface area is 130 Å². The van der Waals surface area contributed by atoms with E-state index in [0.717, 1.165) is 19.3 Å². The van der Waals surface area contributed by atoms with Crippen LogP contribution in [0.1, 0.15) is 47.0 Å².